The lowest BCUT2D eigenvalue weighted by Gasteiger charge is -2.08. The molecular formula is C17H14N2O4. The van der Waals surface area contributed by atoms with Crippen LogP contribution in [0, 0.1) is 6.92 Å². The van der Waals surface area contributed by atoms with E-state index in [2.05, 4.69) is 4.98 Å². The minimum atomic E-state index is -0.710. The maximum atomic E-state index is 12.3. The third kappa shape index (κ3) is 3.06. The number of fused-ring (bicyclic) bond motifs is 1. The van der Waals surface area contributed by atoms with Crippen LogP contribution in [0.15, 0.2) is 46.9 Å². The van der Waals surface area contributed by atoms with E-state index in [4.69, 9.17) is 14.9 Å². The molecule has 2 N–H and O–H groups in total. The molecule has 6 heteroatoms. The Morgan fingerprint density at radius 3 is 2.70 bits per heavy atom. The first kappa shape index (κ1) is 14.8. The highest BCUT2D eigenvalue weighted by molar-refractivity contribution is 6.04. The maximum absolute atomic E-state index is 12.3. The molecule has 0 saturated heterocycles. The van der Waals surface area contributed by atoms with E-state index in [0.717, 1.165) is 5.76 Å². The molecule has 3 aromatic rings. The molecule has 0 spiro atoms. The van der Waals surface area contributed by atoms with Crippen LogP contribution in [0.1, 0.15) is 16.1 Å². The molecule has 0 radical (unpaired) electrons. The van der Waals surface area contributed by atoms with Crippen molar-refractivity contribution >= 4 is 22.8 Å². The molecule has 1 aromatic carbocycles. The minimum absolute atomic E-state index is 0.306. The van der Waals surface area contributed by atoms with Crippen molar-refractivity contribution in [2.75, 3.05) is 6.61 Å². The van der Waals surface area contributed by atoms with E-state index < -0.39 is 18.5 Å². The fraction of sp³-hybridized carbons (Fsp3) is 0.118. The zero-order valence-corrected chi connectivity index (χ0v) is 12.4. The Hall–Kier alpha value is -3.15. The summed E-state index contributed by atoms with van der Waals surface area (Å²) in [6, 6.07) is 12.4. The predicted octanol–water partition coefficient (Wildman–Crippen LogP) is 2.45. The van der Waals surface area contributed by atoms with Gasteiger partial charge < -0.3 is 14.9 Å². The Bertz CT molecular complexity index is 898. The van der Waals surface area contributed by atoms with Crippen LogP contribution in [-0.4, -0.2) is 23.5 Å². The number of nitrogens with two attached hydrogens (primary N) is 1. The smallest absolute Gasteiger partial charge is 0.339 e. The first-order valence-electron chi connectivity index (χ1n) is 6.96. The molecule has 0 saturated carbocycles. The molecule has 0 aliphatic carbocycles. The van der Waals surface area contributed by atoms with Gasteiger partial charge in [0, 0.05) is 5.39 Å². The van der Waals surface area contributed by atoms with Crippen molar-refractivity contribution in [3.63, 3.8) is 0 Å². The van der Waals surface area contributed by atoms with Crippen LogP contribution in [0.25, 0.3) is 22.4 Å². The number of hydrogen-bond donors (Lipinski definition) is 1. The van der Waals surface area contributed by atoms with Gasteiger partial charge in [-0.25, -0.2) is 9.78 Å². The molecule has 0 fully saturated rings. The number of ether oxygens (including phenoxy) is 1. The standard InChI is InChI=1S/C17H14N2O4/c1-10-6-7-15(23-10)14-8-12(17(21)22-9-16(18)20)11-4-2-3-5-13(11)19-14/h2-8H,9H2,1H3,(H2,18,20). The third-order valence-corrected chi connectivity index (χ3v) is 3.27. The first-order chi connectivity index (χ1) is 11.0. The lowest BCUT2D eigenvalue weighted by atomic mass is 10.1. The van der Waals surface area contributed by atoms with E-state index in [0.29, 0.717) is 27.9 Å². The number of nitrogens with zero attached hydrogens (tertiary/aromatic N) is 1. The molecule has 23 heavy (non-hydrogen) atoms. The number of rotatable bonds is 4. The number of para-hydroxylation sites is 1. The molecule has 0 bridgehead atoms. The molecule has 0 atom stereocenters. The van der Waals surface area contributed by atoms with Gasteiger partial charge in [-0.2, -0.15) is 0 Å². The summed E-state index contributed by atoms with van der Waals surface area (Å²) < 4.78 is 10.5. The minimum Gasteiger partial charge on any atom is -0.460 e. The van der Waals surface area contributed by atoms with Gasteiger partial charge in [-0.15, -0.1) is 0 Å². The van der Waals surface area contributed by atoms with Crippen molar-refractivity contribution in [2.45, 2.75) is 6.92 Å². The molecule has 3 rings (SSSR count). The largest absolute Gasteiger partial charge is 0.460 e. The molecular weight excluding hydrogens is 296 g/mol. The number of primary amides is 1. The number of hydrogen-bond acceptors (Lipinski definition) is 5. The number of pyridine rings is 1. The number of benzene rings is 1. The van der Waals surface area contributed by atoms with Crippen molar-refractivity contribution in [3.8, 4) is 11.5 Å². The molecule has 116 valence electrons. The number of aryl methyl sites for hydroxylation is 1. The van der Waals surface area contributed by atoms with Crippen molar-refractivity contribution in [3.05, 3.63) is 53.8 Å². The van der Waals surface area contributed by atoms with Gasteiger partial charge in [0.15, 0.2) is 12.4 Å². The fourth-order valence-corrected chi connectivity index (χ4v) is 2.26. The van der Waals surface area contributed by atoms with E-state index in [9.17, 15) is 9.59 Å². The van der Waals surface area contributed by atoms with Gasteiger partial charge in [0.2, 0.25) is 0 Å². The van der Waals surface area contributed by atoms with E-state index in [1.54, 1.807) is 30.3 Å². The third-order valence-electron chi connectivity index (χ3n) is 3.27. The van der Waals surface area contributed by atoms with Crippen LogP contribution in [-0.2, 0) is 9.53 Å². The van der Waals surface area contributed by atoms with Crippen LogP contribution >= 0.6 is 0 Å². The van der Waals surface area contributed by atoms with Gasteiger partial charge in [-0.05, 0) is 31.2 Å². The maximum Gasteiger partial charge on any atom is 0.339 e. The van der Waals surface area contributed by atoms with Crippen LogP contribution in [0.3, 0.4) is 0 Å². The fourth-order valence-electron chi connectivity index (χ4n) is 2.26. The van der Waals surface area contributed by atoms with Crippen LogP contribution in [0.2, 0.25) is 0 Å². The topological polar surface area (TPSA) is 95.4 Å². The molecule has 0 aliphatic heterocycles. The van der Waals surface area contributed by atoms with Crippen LogP contribution in [0.4, 0.5) is 0 Å². The molecule has 1 amide bonds. The number of carbonyl (C=O) groups excluding carboxylic acids is 2. The average Bonchev–Trinajstić information content (AvgIpc) is 2.98. The van der Waals surface area contributed by atoms with Crippen molar-refractivity contribution in [1.82, 2.24) is 4.98 Å². The highest BCUT2D eigenvalue weighted by atomic mass is 16.5. The van der Waals surface area contributed by atoms with Gasteiger partial charge in [0.25, 0.3) is 5.91 Å². The summed E-state index contributed by atoms with van der Waals surface area (Å²) in [5.74, 6) is -0.0458. The quantitative estimate of drug-likeness (QED) is 0.747. The summed E-state index contributed by atoms with van der Waals surface area (Å²) in [7, 11) is 0. The summed E-state index contributed by atoms with van der Waals surface area (Å²) in [5, 5.41) is 0.633. The molecule has 0 unspecified atom stereocenters. The van der Waals surface area contributed by atoms with Crippen LogP contribution < -0.4 is 5.73 Å². The lowest BCUT2D eigenvalue weighted by molar-refractivity contribution is -0.121. The SMILES string of the molecule is Cc1ccc(-c2cc(C(=O)OCC(N)=O)c3ccccc3n2)o1. The Labute approximate surface area is 131 Å². The van der Waals surface area contributed by atoms with E-state index >= 15 is 0 Å². The number of amides is 1. The Kier molecular flexibility index (Phi) is 3.80. The van der Waals surface area contributed by atoms with Gasteiger partial charge >= 0.3 is 5.97 Å². The Balaban J connectivity index is 2.11. The normalized spacial score (nSPS) is 10.7. The number of carbonyl (C=O) groups is 2. The van der Waals surface area contributed by atoms with Gasteiger partial charge in [-0.3, -0.25) is 4.79 Å². The van der Waals surface area contributed by atoms with Crippen LogP contribution in [0.5, 0.6) is 0 Å². The van der Waals surface area contributed by atoms with E-state index in [1.807, 2.05) is 19.1 Å². The monoisotopic (exact) mass is 310 g/mol. The second kappa shape index (κ2) is 5.92. The highest BCUT2D eigenvalue weighted by Gasteiger charge is 2.17. The van der Waals surface area contributed by atoms with Gasteiger partial charge in [0.05, 0.1) is 11.1 Å². The number of furan rings is 1. The average molecular weight is 310 g/mol. The molecule has 6 nitrogen and oxygen atoms in total. The molecule has 0 aliphatic rings. The van der Waals surface area contributed by atoms with E-state index in [1.165, 1.54) is 0 Å². The summed E-state index contributed by atoms with van der Waals surface area (Å²) in [4.78, 5) is 27.6. The number of esters is 1. The van der Waals surface area contributed by atoms with Crippen molar-refractivity contribution < 1.29 is 18.7 Å². The summed E-state index contributed by atoms with van der Waals surface area (Å²) >= 11 is 0. The van der Waals surface area contributed by atoms with E-state index in [-0.39, 0.29) is 0 Å². The lowest BCUT2D eigenvalue weighted by Crippen LogP contribution is -2.21. The zero-order valence-electron chi connectivity index (χ0n) is 12.4. The zero-order chi connectivity index (χ0) is 16.4. The summed E-state index contributed by atoms with van der Waals surface area (Å²) in [6.45, 7) is 1.36. The van der Waals surface area contributed by atoms with Crippen molar-refractivity contribution in [1.29, 1.82) is 0 Å². The highest BCUT2D eigenvalue weighted by Crippen LogP contribution is 2.26. The Morgan fingerprint density at radius 2 is 2.00 bits per heavy atom. The Morgan fingerprint density at radius 1 is 1.22 bits per heavy atom. The summed E-state index contributed by atoms with van der Waals surface area (Å²) in [5.41, 5.74) is 6.46. The molecule has 2 heterocycles. The van der Waals surface area contributed by atoms with Crippen molar-refractivity contribution in [2.24, 2.45) is 5.73 Å². The van der Waals surface area contributed by atoms with Gasteiger partial charge in [0.1, 0.15) is 11.5 Å². The second-order valence-electron chi connectivity index (χ2n) is 5.02. The molecule has 2 aromatic heterocycles. The predicted molar refractivity (Wildman–Crippen MR) is 83.7 cm³/mol. The first-order valence-corrected chi connectivity index (χ1v) is 6.96. The summed E-state index contributed by atoms with van der Waals surface area (Å²) in [6.07, 6.45) is 0. The number of aromatic nitrogens is 1. The second-order valence-corrected chi connectivity index (χ2v) is 5.02. The van der Waals surface area contributed by atoms with Gasteiger partial charge in [-0.1, -0.05) is 18.2 Å².